The van der Waals surface area contributed by atoms with Crippen LogP contribution < -0.4 is 9.47 Å². The summed E-state index contributed by atoms with van der Waals surface area (Å²) < 4.78 is 55.3. The zero-order valence-electron chi connectivity index (χ0n) is 13.7. The fourth-order valence-electron chi connectivity index (χ4n) is 2.60. The number of fused-ring (bicyclic) bond motifs is 3. The van der Waals surface area contributed by atoms with Gasteiger partial charge in [-0.05, 0) is 13.8 Å². The summed E-state index contributed by atoms with van der Waals surface area (Å²) in [5.41, 5.74) is 0.291. The first kappa shape index (κ1) is 17.5. The highest BCUT2D eigenvalue weighted by molar-refractivity contribution is 5.65. The molecule has 0 spiro atoms. The van der Waals surface area contributed by atoms with Gasteiger partial charge in [0, 0.05) is 18.9 Å². The molecule has 0 bridgehead atoms. The predicted molar refractivity (Wildman–Crippen MR) is 80.6 cm³/mol. The van der Waals surface area contributed by atoms with Crippen molar-refractivity contribution in [1.29, 1.82) is 0 Å². The third-order valence-corrected chi connectivity index (χ3v) is 3.64. The van der Waals surface area contributed by atoms with Crippen molar-refractivity contribution in [3.63, 3.8) is 0 Å². The van der Waals surface area contributed by atoms with Gasteiger partial charge in [-0.3, -0.25) is 0 Å². The van der Waals surface area contributed by atoms with Gasteiger partial charge in [-0.1, -0.05) is 0 Å². The Labute approximate surface area is 141 Å². The smallest absolute Gasteiger partial charge is 0.422 e. The molecule has 0 amide bonds. The van der Waals surface area contributed by atoms with Crippen molar-refractivity contribution in [2.45, 2.75) is 26.1 Å². The number of aryl methyl sites for hydroxylation is 1. The van der Waals surface area contributed by atoms with Gasteiger partial charge >= 0.3 is 6.18 Å². The van der Waals surface area contributed by atoms with E-state index >= 15 is 0 Å². The lowest BCUT2D eigenvalue weighted by molar-refractivity contribution is -0.153. The number of ether oxygens (including phenoxy) is 3. The third kappa shape index (κ3) is 3.68. The van der Waals surface area contributed by atoms with Crippen LogP contribution in [0.4, 0.5) is 13.2 Å². The minimum absolute atomic E-state index is 0.0356. The first-order valence-corrected chi connectivity index (χ1v) is 7.71. The maximum Gasteiger partial charge on any atom is 0.422 e. The number of alkyl halides is 3. The Hall–Kier alpha value is -2.36. The molecule has 3 heterocycles. The predicted octanol–water partition coefficient (Wildman–Crippen LogP) is 2.56. The third-order valence-electron chi connectivity index (χ3n) is 3.64. The summed E-state index contributed by atoms with van der Waals surface area (Å²) in [4.78, 5) is 4.20. The summed E-state index contributed by atoms with van der Waals surface area (Å²) >= 11 is 0. The Morgan fingerprint density at radius 2 is 2.16 bits per heavy atom. The van der Waals surface area contributed by atoms with Crippen molar-refractivity contribution < 1.29 is 27.4 Å². The van der Waals surface area contributed by atoms with Gasteiger partial charge in [0.2, 0.25) is 0 Å². The van der Waals surface area contributed by atoms with Crippen LogP contribution in [0.3, 0.4) is 0 Å². The fourth-order valence-corrected chi connectivity index (χ4v) is 2.60. The summed E-state index contributed by atoms with van der Waals surface area (Å²) in [6.45, 7) is 3.29. The molecule has 0 N–H and O–H groups in total. The molecule has 0 radical (unpaired) electrons. The lowest BCUT2D eigenvalue weighted by Crippen LogP contribution is -2.23. The molecule has 7 nitrogen and oxygen atoms in total. The molecule has 0 saturated carbocycles. The number of rotatable bonds is 5. The average molecular weight is 358 g/mol. The van der Waals surface area contributed by atoms with E-state index in [4.69, 9.17) is 14.2 Å². The lowest BCUT2D eigenvalue weighted by atomic mass is 10.2. The molecule has 2 aromatic rings. The molecule has 0 fully saturated rings. The van der Waals surface area contributed by atoms with Crippen molar-refractivity contribution in [2.24, 2.45) is 0 Å². The van der Waals surface area contributed by atoms with E-state index in [1.807, 2.05) is 11.5 Å². The summed E-state index contributed by atoms with van der Waals surface area (Å²) in [5, 5.41) is 8.16. The van der Waals surface area contributed by atoms with Crippen molar-refractivity contribution in [1.82, 2.24) is 19.7 Å². The van der Waals surface area contributed by atoms with E-state index in [2.05, 4.69) is 15.2 Å². The van der Waals surface area contributed by atoms with Gasteiger partial charge in [0.25, 0.3) is 0 Å². The summed E-state index contributed by atoms with van der Waals surface area (Å²) in [6, 6.07) is 1.11. The van der Waals surface area contributed by atoms with E-state index in [0.717, 1.165) is 0 Å². The van der Waals surface area contributed by atoms with Gasteiger partial charge < -0.3 is 18.8 Å². The van der Waals surface area contributed by atoms with E-state index < -0.39 is 12.8 Å². The lowest BCUT2D eigenvalue weighted by Gasteiger charge is -2.18. The second-order valence-corrected chi connectivity index (χ2v) is 5.46. The topological polar surface area (TPSA) is 71.3 Å². The molecule has 25 heavy (non-hydrogen) atoms. The standard InChI is InChI=1S/C15H17F3N4O3/c1-3-23-6-10-7-24-13-11(25-8-15(16,17)18)4-5-19-12(13)14-21-20-9(2)22(10)14/h4-5,10H,3,6-8H2,1-2H3/t10-/m1/s1. The quantitative estimate of drug-likeness (QED) is 0.818. The Balaban J connectivity index is 1.99. The maximum absolute atomic E-state index is 12.5. The number of pyridine rings is 1. The molecule has 10 heteroatoms. The first-order chi connectivity index (χ1) is 11.9. The van der Waals surface area contributed by atoms with Crippen molar-refractivity contribution in [3.05, 3.63) is 18.1 Å². The number of nitrogens with zero attached hydrogens (tertiary/aromatic N) is 4. The molecule has 1 atom stereocenters. The van der Waals surface area contributed by atoms with Gasteiger partial charge in [0.05, 0.1) is 12.6 Å². The van der Waals surface area contributed by atoms with Crippen LogP contribution in [-0.2, 0) is 4.74 Å². The van der Waals surface area contributed by atoms with Crippen molar-refractivity contribution >= 4 is 0 Å². The van der Waals surface area contributed by atoms with Crippen LogP contribution in [0.1, 0.15) is 18.8 Å². The van der Waals surface area contributed by atoms with Crippen LogP contribution >= 0.6 is 0 Å². The van der Waals surface area contributed by atoms with E-state index in [-0.39, 0.29) is 24.1 Å². The molecule has 0 aliphatic carbocycles. The average Bonchev–Trinajstić information content (AvgIpc) is 2.86. The number of halogens is 3. The van der Waals surface area contributed by atoms with Crippen LogP contribution in [0.5, 0.6) is 11.5 Å². The molecule has 1 aliphatic rings. The van der Waals surface area contributed by atoms with Gasteiger partial charge in [0.15, 0.2) is 29.6 Å². The second kappa shape index (κ2) is 6.87. The van der Waals surface area contributed by atoms with Gasteiger partial charge in [-0.2, -0.15) is 13.2 Å². The first-order valence-electron chi connectivity index (χ1n) is 7.71. The van der Waals surface area contributed by atoms with Crippen LogP contribution in [-0.4, -0.2) is 52.4 Å². The molecule has 2 aromatic heterocycles. The maximum atomic E-state index is 12.5. The summed E-state index contributed by atoms with van der Waals surface area (Å²) in [7, 11) is 0. The van der Waals surface area contributed by atoms with Crippen molar-refractivity contribution in [2.75, 3.05) is 26.4 Å². The van der Waals surface area contributed by atoms with E-state index in [1.165, 1.54) is 12.3 Å². The van der Waals surface area contributed by atoms with E-state index in [1.54, 1.807) is 6.92 Å². The van der Waals surface area contributed by atoms with Crippen LogP contribution in [0, 0.1) is 6.92 Å². The van der Waals surface area contributed by atoms with Crippen LogP contribution in [0.25, 0.3) is 11.5 Å². The molecule has 0 aromatic carbocycles. The Morgan fingerprint density at radius 3 is 2.88 bits per heavy atom. The van der Waals surface area contributed by atoms with Crippen LogP contribution in [0.2, 0.25) is 0 Å². The molecule has 136 valence electrons. The zero-order chi connectivity index (χ0) is 18.0. The second-order valence-electron chi connectivity index (χ2n) is 5.46. The summed E-state index contributed by atoms with van der Waals surface area (Å²) in [6.07, 6.45) is -3.10. The Morgan fingerprint density at radius 1 is 1.36 bits per heavy atom. The minimum atomic E-state index is -4.45. The number of hydrogen-bond acceptors (Lipinski definition) is 6. The van der Waals surface area contributed by atoms with E-state index in [0.29, 0.717) is 30.6 Å². The zero-order valence-corrected chi connectivity index (χ0v) is 13.7. The van der Waals surface area contributed by atoms with Gasteiger partial charge in [0.1, 0.15) is 12.4 Å². The monoisotopic (exact) mass is 358 g/mol. The SMILES string of the molecule is CCOC[C@@H]1COc2c(OCC(F)(F)F)ccnc2-c2nnc(C)n21. The Kier molecular flexibility index (Phi) is 4.80. The Bertz CT molecular complexity index is 748. The molecule has 0 saturated heterocycles. The van der Waals surface area contributed by atoms with E-state index in [9.17, 15) is 13.2 Å². The fraction of sp³-hybridized carbons (Fsp3) is 0.533. The summed E-state index contributed by atoms with van der Waals surface area (Å²) in [5.74, 6) is 1.14. The van der Waals surface area contributed by atoms with Crippen LogP contribution in [0.15, 0.2) is 12.3 Å². The number of hydrogen-bond donors (Lipinski definition) is 0. The van der Waals surface area contributed by atoms with Gasteiger partial charge in [-0.15, -0.1) is 10.2 Å². The molecule has 3 rings (SSSR count). The highest BCUT2D eigenvalue weighted by atomic mass is 19.4. The molecule has 0 unspecified atom stereocenters. The van der Waals surface area contributed by atoms with Crippen molar-refractivity contribution in [3.8, 4) is 23.0 Å². The highest BCUT2D eigenvalue weighted by Gasteiger charge is 2.32. The minimum Gasteiger partial charge on any atom is -0.485 e. The molecular weight excluding hydrogens is 341 g/mol. The molecular formula is C15H17F3N4O3. The largest absolute Gasteiger partial charge is 0.485 e. The molecule has 1 aliphatic heterocycles. The number of aromatic nitrogens is 4. The highest BCUT2D eigenvalue weighted by Crippen LogP contribution is 2.40. The van der Waals surface area contributed by atoms with Gasteiger partial charge in [-0.25, -0.2) is 4.98 Å². The normalized spacial score (nSPS) is 16.6.